The van der Waals surface area contributed by atoms with Gasteiger partial charge in [-0.1, -0.05) is 12.1 Å². The molecule has 5 nitrogen and oxygen atoms in total. The fourth-order valence-electron chi connectivity index (χ4n) is 4.71. The summed E-state index contributed by atoms with van der Waals surface area (Å²) in [4.78, 5) is 28.6. The summed E-state index contributed by atoms with van der Waals surface area (Å²) in [7, 11) is 0. The van der Waals surface area contributed by atoms with Crippen LogP contribution in [0.25, 0.3) is 0 Å². The Morgan fingerprint density at radius 1 is 1.13 bits per heavy atom. The van der Waals surface area contributed by atoms with Gasteiger partial charge >= 0.3 is 0 Å². The maximum absolute atomic E-state index is 13.2. The van der Waals surface area contributed by atoms with Gasteiger partial charge in [0.15, 0.2) is 5.78 Å². The van der Waals surface area contributed by atoms with Crippen LogP contribution in [0.3, 0.4) is 0 Å². The van der Waals surface area contributed by atoms with Crippen LogP contribution < -0.4 is 4.90 Å². The average molecular weight is 410 g/mol. The number of benzene rings is 2. The lowest BCUT2D eigenvalue weighted by Crippen LogP contribution is -2.44. The summed E-state index contributed by atoms with van der Waals surface area (Å²) < 4.78 is 13.2. The lowest BCUT2D eigenvalue weighted by Gasteiger charge is -2.38. The van der Waals surface area contributed by atoms with Gasteiger partial charge in [0.2, 0.25) is 5.91 Å². The van der Waals surface area contributed by atoms with Gasteiger partial charge in [0.05, 0.1) is 12.1 Å². The van der Waals surface area contributed by atoms with Gasteiger partial charge in [-0.15, -0.1) is 0 Å². The van der Waals surface area contributed by atoms with Crippen molar-refractivity contribution in [2.45, 2.75) is 44.8 Å². The lowest BCUT2D eigenvalue weighted by atomic mass is 9.84. The maximum Gasteiger partial charge on any atom is 0.224 e. The highest BCUT2D eigenvalue weighted by atomic mass is 19.1. The molecule has 2 aliphatic rings. The van der Waals surface area contributed by atoms with E-state index in [4.69, 9.17) is 0 Å². The summed E-state index contributed by atoms with van der Waals surface area (Å²) in [5, 5.41) is 10.9. The molecule has 1 fully saturated rings. The highest BCUT2D eigenvalue weighted by Crippen LogP contribution is 2.34. The van der Waals surface area contributed by atoms with E-state index >= 15 is 0 Å². The number of ketones is 1. The molecule has 1 amide bonds. The van der Waals surface area contributed by atoms with Crippen molar-refractivity contribution in [1.82, 2.24) is 4.90 Å². The highest BCUT2D eigenvalue weighted by Gasteiger charge is 2.35. The van der Waals surface area contributed by atoms with Crippen LogP contribution >= 0.6 is 0 Å². The van der Waals surface area contributed by atoms with Crippen LogP contribution in [0.2, 0.25) is 0 Å². The molecule has 2 heterocycles. The van der Waals surface area contributed by atoms with Crippen LogP contribution in [0.1, 0.15) is 48.2 Å². The Balaban J connectivity index is 1.39. The number of rotatable bonds is 4. The number of Topliss-reactive ketones (excluding diaryl/α,β-unsaturated/α-hetero) is 1. The Bertz CT molecular complexity index is 965. The number of carbonyl (C=O) groups is 2. The third-order valence-electron chi connectivity index (χ3n) is 6.39. The van der Waals surface area contributed by atoms with E-state index in [9.17, 15) is 19.1 Å². The average Bonchev–Trinajstić information content (AvgIpc) is 3.05. The summed E-state index contributed by atoms with van der Waals surface area (Å²) in [6.45, 7) is 5.07. The van der Waals surface area contributed by atoms with Crippen molar-refractivity contribution in [2.24, 2.45) is 0 Å². The summed E-state index contributed by atoms with van der Waals surface area (Å²) >= 11 is 0. The number of nitrogens with zero attached hydrogens (tertiary/aromatic N) is 2. The first-order valence-corrected chi connectivity index (χ1v) is 10.4. The monoisotopic (exact) mass is 410 g/mol. The Kier molecular flexibility index (Phi) is 5.47. The van der Waals surface area contributed by atoms with E-state index in [0.29, 0.717) is 38.0 Å². The first kappa shape index (κ1) is 20.7. The molecule has 6 heteroatoms. The Morgan fingerprint density at radius 3 is 2.43 bits per heavy atom. The number of fused-ring (bicyclic) bond motifs is 1. The van der Waals surface area contributed by atoms with Gasteiger partial charge in [0, 0.05) is 37.3 Å². The SMILES string of the molecule is CC(=O)N1c2ccc(C(=O)CN3CCC(O)(c4ccc(F)cc4)CC3)cc2C[C@H]1C. The third kappa shape index (κ3) is 3.89. The largest absolute Gasteiger partial charge is 0.385 e. The van der Waals surface area contributed by atoms with E-state index in [2.05, 4.69) is 4.90 Å². The quantitative estimate of drug-likeness (QED) is 0.786. The number of aliphatic hydroxyl groups is 1. The Hall–Kier alpha value is -2.57. The minimum absolute atomic E-state index is 0.0160. The number of hydrogen-bond donors (Lipinski definition) is 1. The molecule has 2 aliphatic heterocycles. The highest BCUT2D eigenvalue weighted by molar-refractivity contribution is 6.00. The molecule has 1 saturated heterocycles. The van der Waals surface area contributed by atoms with Crippen molar-refractivity contribution in [3.8, 4) is 0 Å². The number of likely N-dealkylation sites (tertiary alicyclic amines) is 1. The van der Waals surface area contributed by atoms with E-state index in [1.54, 1.807) is 30.0 Å². The second-order valence-corrected chi connectivity index (χ2v) is 8.52. The molecular formula is C24H27FN2O3. The fourth-order valence-corrected chi connectivity index (χ4v) is 4.71. The molecule has 30 heavy (non-hydrogen) atoms. The number of anilines is 1. The Labute approximate surface area is 176 Å². The van der Waals surface area contributed by atoms with Crippen LogP contribution in [0, 0.1) is 5.82 Å². The number of amides is 1. The zero-order chi connectivity index (χ0) is 21.5. The van der Waals surface area contributed by atoms with E-state index in [0.717, 1.165) is 23.2 Å². The molecule has 4 rings (SSSR count). The molecule has 0 unspecified atom stereocenters. The molecule has 1 N–H and O–H groups in total. The van der Waals surface area contributed by atoms with Crippen molar-refractivity contribution in [3.05, 3.63) is 65.0 Å². The molecule has 0 radical (unpaired) electrons. The van der Waals surface area contributed by atoms with Crippen LogP contribution in [0.5, 0.6) is 0 Å². The topological polar surface area (TPSA) is 60.9 Å². The predicted molar refractivity (Wildman–Crippen MR) is 113 cm³/mol. The first-order valence-electron chi connectivity index (χ1n) is 10.4. The van der Waals surface area contributed by atoms with Crippen LogP contribution in [0.15, 0.2) is 42.5 Å². The normalized spacial score (nSPS) is 20.8. The minimum Gasteiger partial charge on any atom is -0.385 e. The summed E-state index contributed by atoms with van der Waals surface area (Å²) in [6, 6.07) is 11.7. The minimum atomic E-state index is -0.979. The van der Waals surface area contributed by atoms with E-state index in [1.807, 2.05) is 19.1 Å². The molecule has 0 spiro atoms. The van der Waals surface area contributed by atoms with Crippen LogP contribution in [-0.4, -0.2) is 47.4 Å². The van der Waals surface area contributed by atoms with Gasteiger partial charge in [0.1, 0.15) is 5.82 Å². The standard InChI is InChI=1S/C24H27FN2O3/c1-16-13-19-14-18(3-8-22(19)27(16)17(2)28)23(29)15-26-11-9-24(30,10-12-26)20-4-6-21(25)7-5-20/h3-8,14,16,30H,9-13,15H2,1-2H3/t16-/m1/s1. The second kappa shape index (κ2) is 7.93. The predicted octanol–water partition coefficient (Wildman–Crippen LogP) is 3.29. The molecular weight excluding hydrogens is 383 g/mol. The van der Waals surface area contributed by atoms with E-state index < -0.39 is 5.60 Å². The number of piperidine rings is 1. The fraction of sp³-hybridized carbons (Fsp3) is 0.417. The molecule has 158 valence electrons. The van der Waals surface area contributed by atoms with Crippen LogP contribution in [-0.2, 0) is 16.8 Å². The summed E-state index contributed by atoms with van der Waals surface area (Å²) in [5.41, 5.74) is 2.33. The van der Waals surface area contributed by atoms with E-state index in [-0.39, 0.29) is 23.5 Å². The molecule has 0 saturated carbocycles. The molecule has 0 bridgehead atoms. The Morgan fingerprint density at radius 2 is 1.80 bits per heavy atom. The van der Waals surface area contributed by atoms with E-state index in [1.165, 1.54) is 12.1 Å². The number of hydrogen-bond acceptors (Lipinski definition) is 4. The van der Waals surface area contributed by atoms with Gasteiger partial charge in [-0.05, 0) is 67.6 Å². The van der Waals surface area contributed by atoms with Crippen molar-refractivity contribution in [2.75, 3.05) is 24.5 Å². The molecule has 2 aromatic rings. The molecule has 0 aromatic heterocycles. The summed E-state index contributed by atoms with van der Waals surface area (Å²) in [5.74, 6) is -0.262. The maximum atomic E-state index is 13.2. The number of carbonyl (C=O) groups excluding carboxylic acids is 2. The smallest absolute Gasteiger partial charge is 0.224 e. The van der Waals surface area contributed by atoms with Crippen molar-refractivity contribution >= 4 is 17.4 Å². The molecule has 2 aromatic carbocycles. The van der Waals surface area contributed by atoms with Crippen molar-refractivity contribution < 1.29 is 19.1 Å². The lowest BCUT2D eigenvalue weighted by molar-refractivity contribution is -0.116. The van der Waals surface area contributed by atoms with Gasteiger partial charge in [-0.3, -0.25) is 14.5 Å². The first-order chi connectivity index (χ1) is 14.3. The van der Waals surface area contributed by atoms with Crippen LogP contribution in [0.4, 0.5) is 10.1 Å². The van der Waals surface area contributed by atoms with Crippen molar-refractivity contribution in [3.63, 3.8) is 0 Å². The molecule has 0 aliphatic carbocycles. The number of halogens is 1. The summed E-state index contributed by atoms with van der Waals surface area (Å²) in [6.07, 6.45) is 1.76. The zero-order valence-electron chi connectivity index (χ0n) is 17.4. The zero-order valence-corrected chi connectivity index (χ0v) is 17.4. The molecule has 1 atom stereocenters. The van der Waals surface area contributed by atoms with Gasteiger partial charge in [-0.25, -0.2) is 4.39 Å². The second-order valence-electron chi connectivity index (χ2n) is 8.52. The van der Waals surface area contributed by atoms with Gasteiger partial charge < -0.3 is 10.0 Å². The van der Waals surface area contributed by atoms with Gasteiger partial charge in [-0.2, -0.15) is 0 Å². The third-order valence-corrected chi connectivity index (χ3v) is 6.39. The van der Waals surface area contributed by atoms with Gasteiger partial charge in [0.25, 0.3) is 0 Å². The van der Waals surface area contributed by atoms with Crippen molar-refractivity contribution in [1.29, 1.82) is 0 Å².